The molecule has 122 valence electrons. The maximum absolute atomic E-state index is 13.9. The van der Waals surface area contributed by atoms with Gasteiger partial charge in [0.25, 0.3) is 0 Å². The number of amides is 1. The Kier molecular flexibility index (Phi) is 3.45. The van der Waals surface area contributed by atoms with E-state index in [0.717, 1.165) is 6.42 Å². The lowest BCUT2D eigenvalue weighted by Gasteiger charge is -2.41. The molecule has 5 nitrogen and oxygen atoms in total. The molecule has 1 fully saturated rings. The lowest BCUT2D eigenvalue weighted by atomic mass is 9.94. The van der Waals surface area contributed by atoms with Crippen molar-refractivity contribution < 1.29 is 9.18 Å². The Bertz CT molecular complexity index is 976. The number of likely N-dealkylation sites (tertiary alicyclic amines) is 1. The Morgan fingerprint density at radius 2 is 1.92 bits per heavy atom. The molecule has 1 aliphatic heterocycles. The summed E-state index contributed by atoms with van der Waals surface area (Å²) in [6.07, 6.45) is 0.732. The van der Waals surface area contributed by atoms with Gasteiger partial charge in [0.15, 0.2) is 0 Å². The van der Waals surface area contributed by atoms with E-state index >= 15 is 0 Å². The van der Waals surface area contributed by atoms with Crippen molar-refractivity contribution >= 4 is 16.9 Å². The van der Waals surface area contributed by atoms with Gasteiger partial charge < -0.3 is 9.88 Å². The second-order valence-electron chi connectivity index (χ2n) is 5.95. The van der Waals surface area contributed by atoms with Gasteiger partial charge in [-0.2, -0.15) is 0 Å². The van der Waals surface area contributed by atoms with Crippen LogP contribution in [0.4, 0.5) is 4.39 Å². The zero-order valence-electron chi connectivity index (χ0n) is 12.9. The highest BCUT2D eigenvalue weighted by Gasteiger charge is 2.35. The minimum Gasteiger partial charge on any atom is -0.334 e. The van der Waals surface area contributed by atoms with Crippen molar-refractivity contribution in [1.29, 1.82) is 0 Å². The molecule has 1 atom stereocenters. The van der Waals surface area contributed by atoms with Gasteiger partial charge in [-0.05, 0) is 24.6 Å². The molecule has 2 heterocycles. The van der Waals surface area contributed by atoms with Gasteiger partial charge in [-0.25, -0.2) is 9.18 Å². The molecule has 1 unspecified atom stereocenters. The van der Waals surface area contributed by atoms with E-state index in [1.165, 1.54) is 10.6 Å². The Balaban J connectivity index is 1.59. The molecule has 1 aliphatic rings. The minimum atomic E-state index is -0.312. The predicted molar refractivity (Wildman–Crippen MR) is 88.0 cm³/mol. The first-order chi connectivity index (χ1) is 11.6. The molecule has 6 heteroatoms. The van der Waals surface area contributed by atoms with Gasteiger partial charge in [0.1, 0.15) is 12.4 Å². The highest BCUT2D eigenvalue weighted by atomic mass is 19.1. The van der Waals surface area contributed by atoms with Crippen molar-refractivity contribution in [3.05, 3.63) is 70.4 Å². The average Bonchev–Trinajstić information content (AvgIpc) is 2.84. The number of H-pyrrole nitrogens is 1. The van der Waals surface area contributed by atoms with E-state index in [4.69, 9.17) is 0 Å². The molecule has 1 saturated heterocycles. The number of halogens is 1. The smallest absolute Gasteiger partial charge is 0.326 e. The van der Waals surface area contributed by atoms with Crippen LogP contribution in [0.2, 0.25) is 0 Å². The Hall–Kier alpha value is -2.89. The van der Waals surface area contributed by atoms with Crippen LogP contribution >= 0.6 is 0 Å². The van der Waals surface area contributed by atoms with Crippen LogP contribution in [0, 0.1) is 5.82 Å². The van der Waals surface area contributed by atoms with Gasteiger partial charge in [0.2, 0.25) is 5.91 Å². The average molecular weight is 325 g/mol. The third-order valence-corrected chi connectivity index (χ3v) is 4.58. The van der Waals surface area contributed by atoms with Gasteiger partial charge in [0, 0.05) is 12.1 Å². The molecule has 1 aromatic heterocycles. The highest BCUT2D eigenvalue weighted by Crippen LogP contribution is 2.34. The number of nitrogens with zero attached hydrogens (tertiary/aromatic N) is 2. The summed E-state index contributed by atoms with van der Waals surface area (Å²) >= 11 is 0. The first kappa shape index (κ1) is 14.7. The molecule has 0 bridgehead atoms. The molecule has 2 aromatic carbocycles. The van der Waals surface area contributed by atoms with Crippen molar-refractivity contribution in [2.24, 2.45) is 0 Å². The number of carbonyl (C=O) groups is 1. The summed E-state index contributed by atoms with van der Waals surface area (Å²) in [5.41, 5.74) is 1.61. The van der Waals surface area contributed by atoms with E-state index in [1.54, 1.807) is 35.2 Å². The van der Waals surface area contributed by atoms with E-state index < -0.39 is 0 Å². The summed E-state index contributed by atoms with van der Waals surface area (Å²) in [4.78, 5) is 29.1. The highest BCUT2D eigenvalue weighted by molar-refractivity contribution is 5.81. The molecule has 0 spiro atoms. The molecule has 1 amide bonds. The molecule has 0 radical (unpaired) electrons. The Morgan fingerprint density at radius 3 is 2.67 bits per heavy atom. The van der Waals surface area contributed by atoms with Gasteiger partial charge in [-0.15, -0.1) is 0 Å². The van der Waals surface area contributed by atoms with Crippen molar-refractivity contribution in [3.63, 3.8) is 0 Å². The maximum Gasteiger partial charge on any atom is 0.326 e. The normalized spacial score (nSPS) is 17.0. The standard InChI is InChI=1S/C18H16FN3O2/c19-13-6-2-1-5-12(13)15-9-10-21(15)17(23)11-22-16-8-4-3-7-14(16)20-18(22)24/h1-8,15H,9-11H2,(H,20,24). The quantitative estimate of drug-likeness (QED) is 0.804. The number of hydrogen-bond acceptors (Lipinski definition) is 2. The topological polar surface area (TPSA) is 58.1 Å². The van der Waals surface area contributed by atoms with E-state index in [9.17, 15) is 14.0 Å². The van der Waals surface area contributed by atoms with Crippen LogP contribution in [-0.4, -0.2) is 26.9 Å². The largest absolute Gasteiger partial charge is 0.334 e. The molecule has 0 aliphatic carbocycles. The fraction of sp³-hybridized carbons (Fsp3) is 0.222. The Labute approximate surface area is 137 Å². The third kappa shape index (κ3) is 2.31. The van der Waals surface area contributed by atoms with Gasteiger partial charge in [-0.1, -0.05) is 30.3 Å². The Morgan fingerprint density at radius 1 is 1.17 bits per heavy atom. The van der Waals surface area contributed by atoms with Gasteiger partial charge in [-0.3, -0.25) is 9.36 Å². The second-order valence-corrected chi connectivity index (χ2v) is 5.95. The van der Waals surface area contributed by atoms with Crippen molar-refractivity contribution in [2.45, 2.75) is 19.0 Å². The minimum absolute atomic E-state index is 0.0478. The molecular formula is C18H16FN3O2. The van der Waals surface area contributed by atoms with Crippen LogP contribution in [0.5, 0.6) is 0 Å². The number of nitrogens with one attached hydrogen (secondary N) is 1. The molecule has 1 N–H and O–H groups in total. The van der Waals surface area contributed by atoms with Crippen LogP contribution in [0.3, 0.4) is 0 Å². The number of aromatic amines is 1. The fourth-order valence-corrected chi connectivity index (χ4v) is 3.24. The molecule has 4 rings (SSSR count). The van der Waals surface area contributed by atoms with Crippen LogP contribution < -0.4 is 5.69 Å². The van der Waals surface area contributed by atoms with Crippen LogP contribution in [0.25, 0.3) is 11.0 Å². The summed E-state index contributed by atoms with van der Waals surface area (Å²) in [6, 6.07) is 13.5. The number of carbonyl (C=O) groups excluding carboxylic acids is 1. The fourth-order valence-electron chi connectivity index (χ4n) is 3.24. The van der Waals surface area contributed by atoms with E-state index in [-0.39, 0.29) is 30.0 Å². The van der Waals surface area contributed by atoms with Crippen LogP contribution in [0.1, 0.15) is 18.0 Å². The first-order valence-corrected chi connectivity index (χ1v) is 7.86. The molecule has 0 saturated carbocycles. The number of fused-ring (bicyclic) bond motifs is 1. The van der Waals surface area contributed by atoms with E-state index in [0.29, 0.717) is 23.1 Å². The van der Waals surface area contributed by atoms with E-state index in [1.807, 2.05) is 12.1 Å². The molecular weight excluding hydrogens is 309 g/mol. The van der Waals surface area contributed by atoms with Crippen molar-refractivity contribution in [1.82, 2.24) is 14.5 Å². The second kappa shape index (κ2) is 5.63. The van der Waals surface area contributed by atoms with Crippen LogP contribution in [0.15, 0.2) is 53.3 Å². The number of hydrogen-bond donors (Lipinski definition) is 1. The zero-order valence-corrected chi connectivity index (χ0v) is 12.9. The van der Waals surface area contributed by atoms with E-state index in [2.05, 4.69) is 4.98 Å². The van der Waals surface area contributed by atoms with Crippen molar-refractivity contribution in [2.75, 3.05) is 6.54 Å². The lowest BCUT2D eigenvalue weighted by molar-refractivity contribution is -0.139. The third-order valence-electron chi connectivity index (χ3n) is 4.58. The molecule has 3 aromatic rings. The summed E-state index contributed by atoms with van der Waals surface area (Å²) in [5, 5.41) is 0. The molecule has 24 heavy (non-hydrogen) atoms. The number of para-hydroxylation sites is 2. The first-order valence-electron chi connectivity index (χ1n) is 7.86. The predicted octanol–water partition coefficient (Wildman–Crippen LogP) is 2.44. The maximum atomic E-state index is 13.9. The summed E-state index contributed by atoms with van der Waals surface area (Å²) < 4.78 is 15.4. The number of rotatable bonds is 3. The van der Waals surface area contributed by atoms with Crippen LogP contribution in [-0.2, 0) is 11.3 Å². The van der Waals surface area contributed by atoms with Gasteiger partial charge >= 0.3 is 5.69 Å². The SMILES string of the molecule is O=C(Cn1c(=O)[nH]c2ccccc21)N1CCC1c1ccccc1F. The number of imidazole rings is 1. The lowest BCUT2D eigenvalue weighted by Crippen LogP contribution is -2.47. The number of aromatic nitrogens is 2. The summed E-state index contributed by atoms with van der Waals surface area (Å²) in [5.74, 6) is -0.481. The zero-order chi connectivity index (χ0) is 16.7. The van der Waals surface area contributed by atoms with Crippen molar-refractivity contribution in [3.8, 4) is 0 Å². The van der Waals surface area contributed by atoms with Gasteiger partial charge in [0.05, 0.1) is 17.1 Å². The monoisotopic (exact) mass is 325 g/mol. The summed E-state index contributed by atoms with van der Waals surface area (Å²) in [6.45, 7) is 0.530. The summed E-state index contributed by atoms with van der Waals surface area (Å²) in [7, 11) is 0. The number of benzene rings is 2.